The van der Waals surface area contributed by atoms with Crippen LogP contribution < -0.4 is 5.32 Å². The fourth-order valence-corrected chi connectivity index (χ4v) is 5.98. The van der Waals surface area contributed by atoms with Crippen LogP contribution in [-0.2, 0) is 32.2 Å². The molecule has 0 aliphatic carbocycles. The van der Waals surface area contributed by atoms with Gasteiger partial charge in [-0.05, 0) is 76.4 Å². The second-order valence-corrected chi connectivity index (χ2v) is 13.5. The summed E-state index contributed by atoms with van der Waals surface area (Å²) in [6.45, 7) is 13.0. The van der Waals surface area contributed by atoms with E-state index in [-0.39, 0.29) is 38.0 Å². The highest BCUT2D eigenvalue weighted by atomic mass is 32.1. The number of aromatic nitrogens is 1. The van der Waals surface area contributed by atoms with Crippen LogP contribution in [0.2, 0.25) is 0 Å². The van der Waals surface area contributed by atoms with Crippen LogP contribution in [0.5, 0.6) is 0 Å². The van der Waals surface area contributed by atoms with Crippen LogP contribution in [0.25, 0.3) is 10.6 Å². The number of hydrazine groups is 1. The molecule has 12 nitrogen and oxygen atoms in total. The minimum Gasteiger partial charge on any atom is -0.462 e. The highest BCUT2D eigenvalue weighted by Gasteiger charge is 2.28. The van der Waals surface area contributed by atoms with Gasteiger partial charge in [0, 0.05) is 51.0 Å². The lowest BCUT2D eigenvalue weighted by molar-refractivity contribution is -0.151. The van der Waals surface area contributed by atoms with Crippen molar-refractivity contribution in [1.82, 2.24) is 24.8 Å². The zero-order valence-electron chi connectivity index (χ0n) is 28.9. The van der Waals surface area contributed by atoms with Crippen LogP contribution in [0.3, 0.4) is 0 Å². The van der Waals surface area contributed by atoms with Gasteiger partial charge in [-0.2, -0.15) is 0 Å². The van der Waals surface area contributed by atoms with Gasteiger partial charge < -0.3 is 24.6 Å². The van der Waals surface area contributed by atoms with Crippen LogP contribution in [0.1, 0.15) is 61.0 Å². The predicted molar refractivity (Wildman–Crippen MR) is 185 cm³/mol. The summed E-state index contributed by atoms with van der Waals surface area (Å²) < 4.78 is 10.6. The number of carbonyl (C=O) groups excluding carboxylic acids is 4. The topological polar surface area (TPSA) is 125 Å². The van der Waals surface area contributed by atoms with Gasteiger partial charge in [0.05, 0.1) is 19.3 Å². The molecule has 1 aliphatic rings. The van der Waals surface area contributed by atoms with E-state index in [9.17, 15) is 19.2 Å². The lowest BCUT2D eigenvalue weighted by atomic mass is 10.1. The van der Waals surface area contributed by atoms with Gasteiger partial charge in [0.15, 0.2) is 0 Å². The molecule has 0 radical (unpaired) electrons. The number of thiazole rings is 1. The monoisotopic (exact) mass is 678 g/mol. The SMILES string of the molecule is CCOC(=O)c1cnc(-c2ccc(NCC(=O)N(CCN(CC)C(=O)OC(C)(C)C)CC(=O)N(C)N3Cc4ccccc4C3)c(C)c2)s1. The van der Waals surface area contributed by atoms with Crippen molar-refractivity contribution in [2.45, 2.75) is 60.2 Å². The Hall–Kier alpha value is -4.49. The van der Waals surface area contributed by atoms with Crippen LogP contribution in [0.4, 0.5) is 10.5 Å². The minimum atomic E-state index is -0.661. The standard InChI is InChI=1S/C35H46N6O6S/c1-8-39(34(45)47-35(4,5)6)16-17-40(23-31(43)38(7)41-21-26-12-10-11-13-27(26)22-41)30(42)20-36-28-15-14-25(18-24(28)3)32-37-19-29(48-32)33(44)46-9-2/h10-15,18-19,36H,8-9,16-17,20-23H2,1-7H3. The number of esters is 1. The van der Waals surface area contributed by atoms with E-state index in [4.69, 9.17) is 9.47 Å². The summed E-state index contributed by atoms with van der Waals surface area (Å²) in [4.78, 5) is 59.9. The Kier molecular flexibility index (Phi) is 12.2. The van der Waals surface area contributed by atoms with E-state index in [0.717, 1.165) is 16.8 Å². The number of benzene rings is 2. The Morgan fingerprint density at radius 1 is 0.979 bits per heavy atom. The zero-order chi connectivity index (χ0) is 35.0. The highest BCUT2D eigenvalue weighted by Crippen LogP contribution is 2.29. The molecule has 1 aromatic heterocycles. The van der Waals surface area contributed by atoms with Crippen molar-refractivity contribution in [1.29, 1.82) is 0 Å². The van der Waals surface area contributed by atoms with Gasteiger partial charge >= 0.3 is 12.1 Å². The Labute approximate surface area is 286 Å². The Balaban J connectivity index is 1.44. The van der Waals surface area contributed by atoms with Gasteiger partial charge in [0.2, 0.25) is 5.91 Å². The van der Waals surface area contributed by atoms with Gasteiger partial charge in [-0.15, -0.1) is 11.3 Å². The fourth-order valence-electron chi connectivity index (χ4n) is 5.17. The van der Waals surface area contributed by atoms with Crippen molar-refractivity contribution in [3.8, 4) is 10.6 Å². The summed E-state index contributed by atoms with van der Waals surface area (Å²) in [6.07, 6.45) is 1.04. The molecule has 2 aromatic carbocycles. The number of aryl methyl sites for hydroxylation is 1. The summed E-state index contributed by atoms with van der Waals surface area (Å²) in [7, 11) is 1.72. The number of carbonyl (C=O) groups is 4. The van der Waals surface area contributed by atoms with Crippen LogP contribution >= 0.6 is 11.3 Å². The molecule has 0 bridgehead atoms. The number of hydrogen-bond acceptors (Lipinski definition) is 10. The van der Waals surface area contributed by atoms with Gasteiger partial charge in [0.25, 0.3) is 5.91 Å². The molecule has 0 spiro atoms. The van der Waals surface area contributed by atoms with E-state index in [0.29, 0.717) is 36.1 Å². The lowest BCUT2D eigenvalue weighted by Gasteiger charge is -2.32. The molecule has 0 fully saturated rings. The number of nitrogens with one attached hydrogen (secondary N) is 1. The van der Waals surface area contributed by atoms with Crippen LogP contribution in [0.15, 0.2) is 48.7 Å². The quantitative estimate of drug-likeness (QED) is 0.244. The molecular formula is C35H46N6O6S. The van der Waals surface area contributed by atoms with Crippen molar-refractivity contribution in [3.63, 3.8) is 0 Å². The van der Waals surface area contributed by atoms with E-state index < -0.39 is 17.7 Å². The number of fused-ring (bicyclic) bond motifs is 1. The molecule has 0 saturated heterocycles. The second kappa shape index (κ2) is 16.1. The van der Waals surface area contributed by atoms with Gasteiger partial charge in [-0.1, -0.05) is 24.3 Å². The fraction of sp³-hybridized carbons (Fsp3) is 0.457. The first-order valence-electron chi connectivity index (χ1n) is 16.1. The van der Waals surface area contributed by atoms with E-state index >= 15 is 0 Å². The molecule has 1 N–H and O–H groups in total. The summed E-state index contributed by atoms with van der Waals surface area (Å²) >= 11 is 1.26. The number of amides is 3. The van der Waals surface area contributed by atoms with E-state index in [1.807, 2.05) is 49.2 Å². The zero-order valence-corrected chi connectivity index (χ0v) is 29.7. The van der Waals surface area contributed by atoms with Crippen molar-refractivity contribution >= 4 is 40.9 Å². The molecule has 0 saturated carbocycles. The van der Waals surface area contributed by atoms with Crippen molar-refractivity contribution in [2.24, 2.45) is 0 Å². The summed E-state index contributed by atoms with van der Waals surface area (Å²) in [5.41, 5.74) is 4.14. The molecule has 13 heteroatoms. The number of rotatable bonds is 13. The predicted octanol–water partition coefficient (Wildman–Crippen LogP) is 5.18. The van der Waals surface area contributed by atoms with E-state index in [1.54, 1.807) is 39.8 Å². The average Bonchev–Trinajstić information content (AvgIpc) is 3.71. The highest BCUT2D eigenvalue weighted by molar-refractivity contribution is 7.16. The number of hydrogen-bond donors (Lipinski definition) is 1. The summed E-state index contributed by atoms with van der Waals surface area (Å²) in [6, 6.07) is 13.7. The van der Waals surface area contributed by atoms with Crippen LogP contribution in [0, 0.1) is 6.92 Å². The Morgan fingerprint density at radius 2 is 1.65 bits per heavy atom. The van der Waals surface area contributed by atoms with E-state index in [1.165, 1.54) is 38.5 Å². The largest absolute Gasteiger partial charge is 0.462 e. The molecular weight excluding hydrogens is 632 g/mol. The first-order chi connectivity index (χ1) is 22.8. The van der Waals surface area contributed by atoms with Crippen LogP contribution in [-0.4, -0.2) is 101 Å². The van der Waals surface area contributed by atoms with Gasteiger partial charge in [-0.3, -0.25) is 14.6 Å². The Bertz CT molecular complexity index is 1590. The van der Waals surface area contributed by atoms with Crippen molar-refractivity contribution in [2.75, 3.05) is 51.7 Å². The maximum absolute atomic E-state index is 13.7. The minimum absolute atomic E-state index is 0.0604. The first kappa shape index (κ1) is 36.3. The maximum atomic E-state index is 13.7. The molecule has 258 valence electrons. The summed E-state index contributed by atoms with van der Waals surface area (Å²) in [5.74, 6) is -0.922. The lowest BCUT2D eigenvalue weighted by Crippen LogP contribution is -2.50. The first-order valence-corrected chi connectivity index (χ1v) is 16.9. The van der Waals surface area contributed by atoms with Crippen molar-refractivity contribution < 1.29 is 28.7 Å². The third-order valence-corrected chi connectivity index (χ3v) is 8.87. The normalized spacial score (nSPS) is 12.6. The van der Waals surface area contributed by atoms with Gasteiger partial charge in [0.1, 0.15) is 22.0 Å². The molecule has 3 amide bonds. The summed E-state index contributed by atoms with van der Waals surface area (Å²) in [5, 5.41) is 7.43. The maximum Gasteiger partial charge on any atom is 0.410 e. The molecule has 48 heavy (non-hydrogen) atoms. The smallest absolute Gasteiger partial charge is 0.410 e. The van der Waals surface area contributed by atoms with E-state index in [2.05, 4.69) is 22.4 Å². The molecule has 2 heterocycles. The number of likely N-dealkylation sites (N-methyl/N-ethyl adjacent to an activating group) is 2. The number of ether oxygens (including phenoxy) is 2. The third-order valence-electron chi connectivity index (χ3n) is 7.85. The molecule has 0 unspecified atom stereocenters. The molecule has 0 atom stereocenters. The molecule has 3 aromatic rings. The van der Waals surface area contributed by atoms with Gasteiger partial charge in [-0.25, -0.2) is 19.6 Å². The second-order valence-electron chi connectivity index (χ2n) is 12.5. The van der Waals surface area contributed by atoms with Crippen molar-refractivity contribution in [3.05, 3.63) is 70.2 Å². The molecule has 4 rings (SSSR count). The number of nitrogens with zero attached hydrogens (tertiary/aromatic N) is 5. The number of anilines is 1. The molecule has 1 aliphatic heterocycles. The third kappa shape index (κ3) is 9.54. The Morgan fingerprint density at radius 3 is 2.25 bits per heavy atom. The average molecular weight is 679 g/mol.